The highest BCUT2D eigenvalue weighted by Gasteiger charge is 2.27. The molecular formula is C14H17FN2O. The summed E-state index contributed by atoms with van der Waals surface area (Å²) in [7, 11) is 1.95. The number of nitrogens with zero attached hydrogens (tertiary/aromatic N) is 2. The monoisotopic (exact) mass is 248 g/mol. The van der Waals surface area contributed by atoms with Crippen molar-refractivity contribution in [2.75, 3.05) is 13.6 Å². The molecule has 2 rings (SSSR count). The van der Waals surface area contributed by atoms with Gasteiger partial charge in [-0.1, -0.05) is 6.07 Å². The summed E-state index contributed by atoms with van der Waals surface area (Å²) in [6, 6.07) is 6.50. The Morgan fingerprint density at radius 1 is 1.50 bits per heavy atom. The zero-order chi connectivity index (χ0) is 13.1. The summed E-state index contributed by atoms with van der Waals surface area (Å²) < 4.78 is 13.7. The van der Waals surface area contributed by atoms with Crippen molar-refractivity contribution in [3.05, 3.63) is 35.1 Å². The average Bonchev–Trinajstić information content (AvgIpc) is 2.30. The molecule has 96 valence electrons. The third kappa shape index (κ3) is 3.06. The molecule has 0 aliphatic heterocycles. The normalized spacial score (nSPS) is 22.6. The summed E-state index contributed by atoms with van der Waals surface area (Å²) in [5.41, 5.74) is 0.956. The highest BCUT2D eigenvalue weighted by atomic mass is 19.1. The van der Waals surface area contributed by atoms with Crippen LogP contribution in [0.3, 0.4) is 0 Å². The van der Waals surface area contributed by atoms with Gasteiger partial charge in [0.05, 0.1) is 17.7 Å². The van der Waals surface area contributed by atoms with Crippen LogP contribution in [0, 0.1) is 23.1 Å². The molecule has 18 heavy (non-hydrogen) atoms. The summed E-state index contributed by atoms with van der Waals surface area (Å²) >= 11 is 0. The highest BCUT2D eigenvalue weighted by molar-refractivity contribution is 5.32. The quantitative estimate of drug-likeness (QED) is 0.885. The molecule has 1 aliphatic carbocycles. The van der Waals surface area contributed by atoms with Crippen LogP contribution in [0.25, 0.3) is 0 Å². The van der Waals surface area contributed by atoms with Gasteiger partial charge >= 0.3 is 0 Å². The Bertz CT molecular complexity index is 463. The van der Waals surface area contributed by atoms with Crippen molar-refractivity contribution in [3.63, 3.8) is 0 Å². The van der Waals surface area contributed by atoms with Crippen LogP contribution in [0.1, 0.15) is 24.0 Å². The van der Waals surface area contributed by atoms with E-state index in [1.165, 1.54) is 6.07 Å². The Labute approximate surface area is 106 Å². The first-order chi connectivity index (χ1) is 8.58. The predicted octanol–water partition coefficient (Wildman–Crippen LogP) is 1.90. The van der Waals surface area contributed by atoms with E-state index in [0.717, 1.165) is 19.4 Å². The topological polar surface area (TPSA) is 47.3 Å². The maximum atomic E-state index is 13.7. The zero-order valence-corrected chi connectivity index (χ0v) is 10.4. The lowest BCUT2D eigenvalue weighted by atomic mass is 9.82. The minimum atomic E-state index is -0.324. The minimum absolute atomic E-state index is 0.143. The molecule has 0 aromatic heterocycles. The van der Waals surface area contributed by atoms with Gasteiger partial charge in [0, 0.05) is 18.7 Å². The van der Waals surface area contributed by atoms with Crippen LogP contribution in [0.5, 0.6) is 0 Å². The van der Waals surface area contributed by atoms with E-state index in [9.17, 15) is 9.50 Å². The molecule has 0 saturated heterocycles. The average molecular weight is 248 g/mol. The molecule has 1 aliphatic rings. The van der Waals surface area contributed by atoms with Crippen molar-refractivity contribution in [2.45, 2.75) is 25.5 Å². The first kappa shape index (κ1) is 13.0. The van der Waals surface area contributed by atoms with Crippen LogP contribution in [0.4, 0.5) is 4.39 Å². The van der Waals surface area contributed by atoms with E-state index >= 15 is 0 Å². The van der Waals surface area contributed by atoms with Gasteiger partial charge in [0.25, 0.3) is 0 Å². The first-order valence-corrected chi connectivity index (χ1v) is 6.13. The lowest BCUT2D eigenvalue weighted by molar-refractivity contribution is 0.0272. The Morgan fingerprint density at radius 3 is 2.78 bits per heavy atom. The van der Waals surface area contributed by atoms with Crippen molar-refractivity contribution in [2.24, 2.45) is 5.92 Å². The second kappa shape index (κ2) is 5.47. The van der Waals surface area contributed by atoms with Crippen LogP contribution in [0.2, 0.25) is 0 Å². The van der Waals surface area contributed by atoms with Crippen molar-refractivity contribution < 1.29 is 9.50 Å². The molecule has 1 aromatic rings. The number of aliphatic hydroxyl groups is 1. The van der Waals surface area contributed by atoms with Gasteiger partial charge in [-0.15, -0.1) is 0 Å². The van der Waals surface area contributed by atoms with Gasteiger partial charge in [0.1, 0.15) is 5.82 Å². The molecule has 0 radical (unpaired) electrons. The fourth-order valence-electron chi connectivity index (χ4n) is 2.39. The fraction of sp³-hybridized carbons (Fsp3) is 0.500. The van der Waals surface area contributed by atoms with E-state index in [-0.39, 0.29) is 11.9 Å². The third-order valence-corrected chi connectivity index (χ3v) is 3.40. The second-order valence-electron chi connectivity index (χ2n) is 5.11. The van der Waals surface area contributed by atoms with Gasteiger partial charge < -0.3 is 10.0 Å². The summed E-state index contributed by atoms with van der Waals surface area (Å²) in [5.74, 6) is 0.195. The van der Waals surface area contributed by atoms with Gasteiger partial charge in [0.15, 0.2) is 0 Å². The number of rotatable bonds is 4. The Morgan fingerprint density at radius 2 is 2.22 bits per heavy atom. The standard InChI is InChI=1S/C14H17FN2O/c1-17(8-11-4-13(18)5-11)9-12-3-2-10(7-16)6-14(12)15/h2-3,6,11,13,18H,4-5,8-9H2,1H3. The molecule has 1 saturated carbocycles. The van der Waals surface area contributed by atoms with Crippen molar-refractivity contribution in [1.29, 1.82) is 5.26 Å². The maximum Gasteiger partial charge on any atom is 0.129 e. The summed E-state index contributed by atoms with van der Waals surface area (Å²) in [5, 5.41) is 17.9. The summed E-state index contributed by atoms with van der Waals surface area (Å²) in [6.07, 6.45) is 1.55. The molecule has 0 atom stereocenters. The third-order valence-electron chi connectivity index (χ3n) is 3.40. The number of nitriles is 1. The van der Waals surface area contributed by atoms with Crippen molar-refractivity contribution in [3.8, 4) is 6.07 Å². The molecular weight excluding hydrogens is 231 g/mol. The lowest BCUT2D eigenvalue weighted by Crippen LogP contribution is -2.36. The van der Waals surface area contributed by atoms with Crippen molar-refractivity contribution >= 4 is 0 Å². The van der Waals surface area contributed by atoms with E-state index < -0.39 is 0 Å². The zero-order valence-electron chi connectivity index (χ0n) is 10.4. The van der Waals surface area contributed by atoms with Gasteiger partial charge in [-0.3, -0.25) is 0 Å². The maximum absolute atomic E-state index is 13.7. The predicted molar refractivity (Wildman–Crippen MR) is 66.2 cm³/mol. The number of benzene rings is 1. The molecule has 1 aromatic carbocycles. The first-order valence-electron chi connectivity index (χ1n) is 6.13. The smallest absolute Gasteiger partial charge is 0.129 e. The Hall–Kier alpha value is -1.44. The van der Waals surface area contributed by atoms with Crippen LogP contribution in [0.15, 0.2) is 18.2 Å². The Balaban J connectivity index is 1.90. The summed E-state index contributed by atoms with van der Waals surface area (Å²) in [4.78, 5) is 2.06. The number of hydrogen-bond donors (Lipinski definition) is 1. The molecule has 0 bridgehead atoms. The molecule has 4 heteroatoms. The number of hydrogen-bond acceptors (Lipinski definition) is 3. The van der Waals surface area contributed by atoms with E-state index in [1.807, 2.05) is 13.1 Å². The van der Waals surface area contributed by atoms with E-state index in [4.69, 9.17) is 5.26 Å². The highest BCUT2D eigenvalue weighted by Crippen LogP contribution is 2.28. The van der Waals surface area contributed by atoms with Gasteiger partial charge in [0.2, 0.25) is 0 Å². The molecule has 0 spiro atoms. The lowest BCUT2D eigenvalue weighted by Gasteiger charge is -2.34. The van der Waals surface area contributed by atoms with Gasteiger partial charge in [-0.05, 0) is 37.9 Å². The van der Waals surface area contributed by atoms with Crippen LogP contribution in [-0.4, -0.2) is 29.7 Å². The molecule has 1 fully saturated rings. The number of aliphatic hydroxyl groups excluding tert-OH is 1. The molecule has 1 N–H and O–H groups in total. The van der Waals surface area contributed by atoms with E-state index in [0.29, 0.717) is 23.6 Å². The molecule has 0 amide bonds. The fourth-order valence-corrected chi connectivity index (χ4v) is 2.39. The molecule has 3 nitrogen and oxygen atoms in total. The van der Waals surface area contributed by atoms with E-state index in [2.05, 4.69) is 4.90 Å². The van der Waals surface area contributed by atoms with Crippen LogP contribution < -0.4 is 0 Å². The summed E-state index contributed by atoms with van der Waals surface area (Å²) in [6.45, 7) is 1.40. The van der Waals surface area contributed by atoms with Gasteiger partial charge in [-0.2, -0.15) is 5.26 Å². The molecule has 0 unspecified atom stereocenters. The number of halogens is 1. The Kier molecular flexibility index (Phi) is 3.95. The van der Waals surface area contributed by atoms with Crippen LogP contribution in [-0.2, 0) is 6.54 Å². The second-order valence-corrected chi connectivity index (χ2v) is 5.11. The minimum Gasteiger partial charge on any atom is -0.393 e. The largest absolute Gasteiger partial charge is 0.393 e. The van der Waals surface area contributed by atoms with Crippen LogP contribution >= 0.6 is 0 Å². The van der Waals surface area contributed by atoms with E-state index in [1.54, 1.807) is 12.1 Å². The SMILES string of the molecule is CN(Cc1ccc(C#N)cc1F)CC1CC(O)C1. The van der Waals surface area contributed by atoms with Crippen molar-refractivity contribution in [1.82, 2.24) is 4.90 Å². The van der Waals surface area contributed by atoms with Gasteiger partial charge in [-0.25, -0.2) is 4.39 Å². The molecule has 0 heterocycles.